The number of sulfone groups is 1. The second-order valence-corrected chi connectivity index (χ2v) is 7.74. The summed E-state index contributed by atoms with van der Waals surface area (Å²) in [6, 6.07) is 6.53. The Morgan fingerprint density at radius 3 is 2.45 bits per heavy atom. The van der Waals surface area contributed by atoms with Gasteiger partial charge in [-0.3, -0.25) is 4.68 Å². The second-order valence-electron chi connectivity index (χ2n) is 5.46. The van der Waals surface area contributed by atoms with Crippen LogP contribution in [0.5, 0.6) is 0 Å². The van der Waals surface area contributed by atoms with E-state index in [2.05, 4.69) is 10.4 Å². The Morgan fingerprint density at radius 1 is 1.32 bits per heavy atom. The lowest BCUT2D eigenvalue weighted by atomic mass is 9.99. The first-order chi connectivity index (χ1) is 10.2. The molecule has 2 N–H and O–H groups in total. The molecule has 2 rings (SSSR count). The highest BCUT2D eigenvalue weighted by Gasteiger charge is 2.24. The van der Waals surface area contributed by atoms with Crippen LogP contribution in [0.4, 0.5) is 5.69 Å². The molecule has 7 heteroatoms. The summed E-state index contributed by atoms with van der Waals surface area (Å²) in [5.74, 6) is 0.0789. The molecule has 1 heterocycles. The molecular weight excluding hydrogens is 302 g/mol. The molecule has 22 heavy (non-hydrogen) atoms. The van der Waals surface area contributed by atoms with Crippen LogP contribution in [0.15, 0.2) is 41.6 Å². The summed E-state index contributed by atoms with van der Waals surface area (Å²) in [7, 11) is -1.40. The highest BCUT2D eigenvalue weighted by Crippen LogP contribution is 2.21. The van der Waals surface area contributed by atoms with Crippen molar-refractivity contribution in [3.8, 4) is 0 Å². The third-order valence-corrected chi connectivity index (χ3v) is 5.31. The van der Waals surface area contributed by atoms with Crippen molar-refractivity contribution < 1.29 is 13.5 Å². The predicted octanol–water partition coefficient (Wildman–Crippen LogP) is 1.53. The quantitative estimate of drug-likeness (QED) is 0.842. The fraction of sp³-hybridized carbons (Fsp3) is 0.400. The number of benzene rings is 1. The fourth-order valence-corrected chi connectivity index (χ4v) is 2.91. The Bertz CT molecular complexity index is 734. The average Bonchev–Trinajstić information content (AvgIpc) is 2.93. The summed E-state index contributed by atoms with van der Waals surface area (Å²) in [6.45, 7) is 3.61. The van der Waals surface area contributed by atoms with E-state index in [4.69, 9.17) is 0 Å². The van der Waals surface area contributed by atoms with Gasteiger partial charge in [0.05, 0.1) is 16.8 Å². The maximum absolute atomic E-state index is 11.7. The van der Waals surface area contributed by atoms with Crippen LogP contribution in [-0.2, 0) is 22.5 Å². The summed E-state index contributed by atoms with van der Waals surface area (Å²) in [6.07, 6.45) is 3.39. The van der Waals surface area contributed by atoms with Gasteiger partial charge >= 0.3 is 0 Å². The van der Waals surface area contributed by atoms with E-state index in [9.17, 15) is 13.5 Å². The van der Waals surface area contributed by atoms with Gasteiger partial charge < -0.3 is 10.4 Å². The molecule has 1 aromatic heterocycles. The van der Waals surface area contributed by atoms with E-state index in [1.807, 2.05) is 0 Å². The Kier molecular flexibility index (Phi) is 4.58. The topological polar surface area (TPSA) is 84.2 Å². The molecule has 1 atom stereocenters. The van der Waals surface area contributed by atoms with Crippen molar-refractivity contribution in [2.24, 2.45) is 7.05 Å². The van der Waals surface area contributed by atoms with E-state index < -0.39 is 15.4 Å². The lowest BCUT2D eigenvalue weighted by Crippen LogP contribution is -2.30. The van der Waals surface area contributed by atoms with Gasteiger partial charge in [0, 0.05) is 31.0 Å². The first-order valence-electron chi connectivity index (χ1n) is 7.03. The molecule has 0 aliphatic heterocycles. The van der Waals surface area contributed by atoms with Gasteiger partial charge in [-0.15, -0.1) is 0 Å². The standard InChI is InChI=1S/C15H21N3O3S/c1-4-22(20,21)14-7-5-13(6-8-14)16-11-15(2,19)12-9-17-18(3)10-12/h5-10,16,19H,4,11H2,1-3H3/t15-/m0/s1. The summed E-state index contributed by atoms with van der Waals surface area (Å²) >= 11 is 0. The minimum Gasteiger partial charge on any atom is -0.383 e. The summed E-state index contributed by atoms with van der Waals surface area (Å²) in [4.78, 5) is 0.305. The van der Waals surface area contributed by atoms with Crippen molar-refractivity contribution in [2.45, 2.75) is 24.3 Å². The molecule has 0 spiro atoms. The molecule has 0 aliphatic rings. The van der Waals surface area contributed by atoms with E-state index in [1.165, 1.54) is 0 Å². The van der Waals surface area contributed by atoms with E-state index in [-0.39, 0.29) is 5.75 Å². The maximum Gasteiger partial charge on any atom is 0.178 e. The SMILES string of the molecule is CCS(=O)(=O)c1ccc(NC[C@](C)(O)c2cnn(C)c2)cc1. The number of aliphatic hydroxyl groups is 1. The lowest BCUT2D eigenvalue weighted by Gasteiger charge is -2.23. The van der Waals surface area contributed by atoms with Crippen LogP contribution in [0.2, 0.25) is 0 Å². The Balaban J connectivity index is 2.06. The molecule has 0 unspecified atom stereocenters. The van der Waals surface area contributed by atoms with E-state index >= 15 is 0 Å². The van der Waals surface area contributed by atoms with Gasteiger partial charge in [0.25, 0.3) is 0 Å². The van der Waals surface area contributed by atoms with Crippen LogP contribution < -0.4 is 5.32 Å². The van der Waals surface area contributed by atoms with Crippen LogP contribution >= 0.6 is 0 Å². The van der Waals surface area contributed by atoms with Gasteiger partial charge in [0.15, 0.2) is 9.84 Å². The number of nitrogens with zero attached hydrogens (tertiary/aromatic N) is 2. The summed E-state index contributed by atoms with van der Waals surface area (Å²) in [5.41, 5.74) is 0.398. The smallest absolute Gasteiger partial charge is 0.178 e. The molecule has 0 amide bonds. The van der Waals surface area contributed by atoms with Crippen LogP contribution in [-0.4, -0.2) is 35.6 Å². The lowest BCUT2D eigenvalue weighted by molar-refractivity contribution is 0.0714. The van der Waals surface area contributed by atoms with Crippen molar-refractivity contribution in [1.82, 2.24) is 9.78 Å². The van der Waals surface area contributed by atoms with Gasteiger partial charge in [-0.25, -0.2) is 8.42 Å². The first kappa shape index (κ1) is 16.5. The number of hydrogen-bond donors (Lipinski definition) is 2. The van der Waals surface area contributed by atoms with Crippen molar-refractivity contribution in [1.29, 1.82) is 0 Å². The zero-order valence-corrected chi connectivity index (χ0v) is 13.8. The van der Waals surface area contributed by atoms with Crippen molar-refractivity contribution in [3.05, 3.63) is 42.2 Å². The first-order valence-corrected chi connectivity index (χ1v) is 8.68. The van der Waals surface area contributed by atoms with Gasteiger partial charge in [-0.1, -0.05) is 6.92 Å². The molecule has 1 aromatic carbocycles. The van der Waals surface area contributed by atoms with E-state index in [0.29, 0.717) is 17.0 Å². The highest BCUT2D eigenvalue weighted by molar-refractivity contribution is 7.91. The maximum atomic E-state index is 11.7. The van der Waals surface area contributed by atoms with Gasteiger partial charge in [-0.2, -0.15) is 5.10 Å². The number of hydrogen-bond acceptors (Lipinski definition) is 5. The number of anilines is 1. The number of rotatable bonds is 6. The average molecular weight is 323 g/mol. The molecule has 0 aliphatic carbocycles. The summed E-state index contributed by atoms with van der Waals surface area (Å²) in [5, 5.41) is 17.6. The van der Waals surface area contributed by atoms with Gasteiger partial charge in [0.2, 0.25) is 0 Å². The van der Waals surface area contributed by atoms with Crippen LogP contribution in [0.3, 0.4) is 0 Å². The molecule has 0 saturated heterocycles. The summed E-state index contributed by atoms with van der Waals surface area (Å²) < 4.78 is 25.1. The number of aryl methyl sites for hydroxylation is 1. The van der Waals surface area contributed by atoms with Crippen molar-refractivity contribution in [3.63, 3.8) is 0 Å². The zero-order valence-electron chi connectivity index (χ0n) is 12.9. The zero-order chi connectivity index (χ0) is 16.4. The van der Waals surface area contributed by atoms with Gasteiger partial charge in [0.1, 0.15) is 5.60 Å². The monoisotopic (exact) mass is 323 g/mol. The Hall–Kier alpha value is -1.86. The minimum atomic E-state index is -3.19. The molecule has 0 fully saturated rings. The third-order valence-electron chi connectivity index (χ3n) is 3.56. The normalized spacial score (nSPS) is 14.5. The van der Waals surface area contributed by atoms with Crippen LogP contribution in [0.1, 0.15) is 19.4 Å². The minimum absolute atomic E-state index is 0.0789. The molecule has 2 aromatic rings. The highest BCUT2D eigenvalue weighted by atomic mass is 32.2. The molecule has 0 radical (unpaired) electrons. The van der Waals surface area contributed by atoms with E-state index in [0.717, 1.165) is 5.69 Å². The van der Waals surface area contributed by atoms with Crippen LogP contribution in [0.25, 0.3) is 0 Å². The number of aromatic nitrogens is 2. The largest absolute Gasteiger partial charge is 0.383 e. The van der Waals surface area contributed by atoms with Gasteiger partial charge in [-0.05, 0) is 31.2 Å². The number of nitrogens with one attached hydrogen (secondary N) is 1. The second kappa shape index (κ2) is 6.10. The van der Waals surface area contributed by atoms with E-state index in [1.54, 1.807) is 62.2 Å². The Morgan fingerprint density at radius 2 is 1.95 bits per heavy atom. The van der Waals surface area contributed by atoms with Crippen molar-refractivity contribution in [2.75, 3.05) is 17.6 Å². The van der Waals surface area contributed by atoms with Crippen LogP contribution in [0, 0.1) is 0 Å². The third kappa shape index (κ3) is 3.66. The molecule has 0 saturated carbocycles. The Labute approximate surface area is 130 Å². The predicted molar refractivity (Wildman–Crippen MR) is 85.4 cm³/mol. The molecule has 6 nitrogen and oxygen atoms in total. The molecule has 120 valence electrons. The fourth-order valence-electron chi connectivity index (χ4n) is 2.02. The van der Waals surface area contributed by atoms with Crippen molar-refractivity contribution >= 4 is 15.5 Å². The molecule has 0 bridgehead atoms. The molecular formula is C15H21N3O3S.